The SMILES string of the molecule is CCc1cccc(NC(=O)N(CC)CC(=O)Nc2cc(-c3ccccc3)nn2-c2ccc(F)cc2)c1. The second kappa shape index (κ2) is 11.3. The van der Waals surface area contributed by atoms with Crippen molar-refractivity contribution in [3.63, 3.8) is 0 Å². The molecule has 1 aromatic heterocycles. The number of hydrogen-bond acceptors (Lipinski definition) is 3. The van der Waals surface area contributed by atoms with Crippen LogP contribution in [0.5, 0.6) is 0 Å². The van der Waals surface area contributed by atoms with Crippen LogP contribution in [0.1, 0.15) is 19.4 Å². The molecule has 0 radical (unpaired) electrons. The molecule has 4 rings (SSSR count). The van der Waals surface area contributed by atoms with Crippen LogP contribution in [0.15, 0.2) is 84.9 Å². The van der Waals surface area contributed by atoms with Crippen LogP contribution in [0.25, 0.3) is 16.9 Å². The van der Waals surface area contributed by atoms with E-state index in [4.69, 9.17) is 0 Å². The van der Waals surface area contributed by atoms with Crippen molar-refractivity contribution in [3.05, 3.63) is 96.3 Å². The van der Waals surface area contributed by atoms with E-state index >= 15 is 0 Å². The summed E-state index contributed by atoms with van der Waals surface area (Å²) in [6.07, 6.45) is 0.857. The Morgan fingerprint density at radius 2 is 1.67 bits per heavy atom. The highest BCUT2D eigenvalue weighted by molar-refractivity contribution is 5.97. The van der Waals surface area contributed by atoms with Crippen LogP contribution in [0.4, 0.5) is 20.7 Å². The normalized spacial score (nSPS) is 10.6. The van der Waals surface area contributed by atoms with E-state index < -0.39 is 0 Å². The van der Waals surface area contributed by atoms with Gasteiger partial charge in [0.25, 0.3) is 0 Å². The molecule has 0 aliphatic carbocycles. The lowest BCUT2D eigenvalue weighted by Crippen LogP contribution is -2.40. The van der Waals surface area contributed by atoms with Gasteiger partial charge in [-0.2, -0.15) is 5.10 Å². The second-order valence-corrected chi connectivity index (χ2v) is 8.22. The lowest BCUT2D eigenvalue weighted by molar-refractivity contribution is -0.116. The first-order valence-corrected chi connectivity index (χ1v) is 11.8. The van der Waals surface area contributed by atoms with Crippen LogP contribution in [-0.2, 0) is 11.2 Å². The molecule has 0 saturated carbocycles. The Morgan fingerprint density at radius 3 is 2.36 bits per heavy atom. The van der Waals surface area contributed by atoms with Crippen LogP contribution in [0, 0.1) is 5.82 Å². The number of aryl methyl sites for hydroxylation is 1. The maximum Gasteiger partial charge on any atom is 0.322 e. The van der Waals surface area contributed by atoms with Gasteiger partial charge >= 0.3 is 6.03 Å². The smallest absolute Gasteiger partial charge is 0.315 e. The lowest BCUT2D eigenvalue weighted by Gasteiger charge is -2.21. The number of hydrogen-bond donors (Lipinski definition) is 2. The molecule has 0 fully saturated rings. The summed E-state index contributed by atoms with van der Waals surface area (Å²) in [5.41, 5.74) is 3.90. The summed E-state index contributed by atoms with van der Waals surface area (Å²) in [6.45, 7) is 4.05. The number of carbonyl (C=O) groups is 2. The molecule has 0 aliphatic rings. The quantitative estimate of drug-likeness (QED) is 0.334. The van der Waals surface area contributed by atoms with Crippen LogP contribution in [0.2, 0.25) is 0 Å². The molecule has 3 aromatic carbocycles. The maximum absolute atomic E-state index is 13.5. The minimum atomic E-state index is -0.378. The fourth-order valence-corrected chi connectivity index (χ4v) is 3.75. The van der Waals surface area contributed by atoms with E-state index in [0.717, 1.165) is 17.5 Å². The molecule has 3 amide bonds. The van der Waals surface area contributed by atoms with Crippen LogP contribution < -0.4 is 10.6 Å². The van der Waals surface area contributed by atoms with E-state index in [1.54, 1.807) is 22.9 Å². The molecule has 4 aromatic rings. The fraction of sp³-hybridized carbons (Fsp3) is 0.179. The Kier molecular flexibility index (Phi) is 7.75. The van der Waals surface area contributed by atoms with Gasteiger partial charge in [-0.15, -0.1) is 0 Å². The molecule has 0 saturated heterocycles. The first-order valence-electron chi connectivity index (χ1n) is 11.8. The molecule has 0 atom stereocenters. The average molecular weight is 486 g/mol. The molecule has 0 bridgehead atoms. The minimum Gasteiger partial charge on any atom is -0.315 e. The van der Waals surface area contributed by atoms with Gasteiger partial charge in [0.1, 0.15) is 18.2 Å². The molecule has 8 heteroatoms. The van der Waals surface area contributed by atoms with Gasteiger partial charge < -0.3 is 15.5 Å². The Morgan fingerprint density at radius 1 is 0.917 bits per heavy atom. The van der Waals surface area contributed by atoms with Crippen molar-refractivity contribution in [1.29, 1.82) is 0 Å². The fourth-order valence-electron chi connectivity index (χ4n) is 3.75. The summed E-state index contributed by atoms with van der Waals surface area (Å²) in [5.74, 6) is -0.330. The summed E-state index contributed by atoms with van der Waals surface area (Å²) in [4.78, 5) is 27.2. The summed E-state index contributed by atoms with van der Waals surface area (Å²) >= 11 is 0. The van der Waals surface area contributed by atoms with Crippen molar-refractivity contribution >= 4 is 23.4 Å². The number of carbonyl (C=O) groups excluding carboxylic acids is 2. The van der Waals surface area contributed by atoms with Gasteiger partial charge in [0.05, 0.1) is 11.4 Å². The first kappa shape index (κ1) is 24.7. The van der Waals surface area contributed by atoms with Gasteiger partial charge in [-0.25, -0.2) is 13.9 Å². The third kappa shape index (κ3) is 5.96. The van der Waals surface area contributed by atoms with E-state index in [-0.39, 0.29) is 24.3 Å². The molecule has 0 unspecified atom stereocenters. The van der Waals surface area contributed by atoms with E-state index in [9.17, 15) is 14.0 Å². The number of likely N-dealkylation sites (N-methyl/N-ethyl adjacent to an activating group) is 1. The Bertz CT molecular complexity index is 1340. The van der Waals surface area contributed by atoms with Crippen LogP contribution >= 0.6 is 0 Å². The molecular weight excluding hydrogens is 457 g/mol. The van der Waals surface area contributed by atoms with E-state index in [1.807, 2.05) is 68.4 Å². The number of nitrogens with zero attached hydrogens (tertiary/aromatic N) is 3. The largest absolute Gasteiger partial charge is 0.322 e. The van der Waals surface area contributed by atoms with E-state index in [2.05, 4.69) is 15.7 Å². The van der Waals surface area contributed by atoms with Gasteiger partial charge in [0, 0.05) is 23.9 Å². The van der Waals surface area contributed by atoms with Gasteiger partial charge in [0.15, 0.2) is 0 Å². The molecule has 1 heterocycles. The van der Waals surface area contributed by atoms with Crippen molar-refractivity contribution in [2.24, 2.45) is 0 Å². The third-order valence-electron chi connectivity index (χ3n) is 5.71. The third-order valence-corrected chi connectivity index (χ3v) is 5.71. The zero-order chi connectivity index (χ0) is 25.5. The van der Waals surface area contributed by atoms with Crippen molar-refractivity contribution in [2.75, 3.05) is 23.7 Å². The molecule has 2 N–H and O–H groups in total. The number of urea groups is 1. The molecule has 7 nitrogen and oxygen atoms in total. The van der Waals surface area contributed by atoms with Crippen molar-refractivity contribution in [1.82, 2.24) is 14.7 Å². The van der Waals surface area contributed by atoms with Crippen LogP contribution in [0.3, 0.4) is 0 Å². The standard InChI is InChI=1S/C28H28FN5O2/c1-3-20-9-8-12-23(17-20)30-28(36)33(4-2)19-27(35)31-26-18-25(21-10-6-5-7-11-21)32-34(26)24-15-13-22(29)14-16-24/h5-18H,3-4,19H2,1-2H3,(H,30,36)(H,31,35). The van der Waals surface area contributed by atoms with Crippen molar-refractivity contribution in [3.8, 4) is 16.9 Å². The second-order valence-electron chi connectivity index (χ2n) is 8.22. The highest BCUT2D eigenvalue weighted by Gasteiger charge is 2.19. The van der Waals surface area contributed by atoms with E-state index in [1.165, 1.54) is 17.0 Å². The molecule has 184 valence electrons. The lowest BCUT2D eigenvalue weighted by atomic mass is 10.1. The zero-order valence-corrected chi connectivity index (χ0v) is 20.2. The predicted molar refractivity (Wildman–Crippen MR) is 140 cm³/mol. The Balaban J connectivity index is 1.52. The number of rotatable bonds is 8. The maximum atomic E-state index is 13.5. The number of nitrogens with one attached hydrogen (secondary N) is 2. The zero-order valence-electron chi connectivity index (χ0n) is 20.2. The number of halogens is 1. The molecular formula is C28H28FN5O2. The topological polar surface area (TPSA) is 79.3 Å². The number of aromatic nitrogens is 2. The summed E-state index contributed by atoms with van der Waals surface area (Å²) in [5, 5.41) is 10.3. The summed E-state index contributed by atoms with van der Waals surface area (Å²) < 4.78 is 15.0. The highest BCUT2D eigenvalue weighted by Crippen LogP contribution is 2.25. The van der Waals surface area contributed by atoms with Gasteiger partial charge in [-0.05, 0) is 55.3 Å². The molecule has 0 aliphatic heterocycles. The number of amides is 3. The van der Waals surface area contributed by atoms with Gasteiger partial charge in [0.2, 0.25) is 5.91 Å². The van der Waals surface area contributed by atoms with E-state index in [0.29, 0.717) is 29.4 Å². The number of anilines is 2. The summed E-state index contributed by atoms with van der Waals surface area (Å²) in [6, 6.07) is 24.4. The number of benzene rings is 3. The predicted octanol–water partition coefficient (Wildman–Crippen LogP) is 5.73. The Hall–Kier alpha value is -4.46. The highest BCUT2D eigenvalue weighted by atomic mass is 19.1. The van der Waals surface area contributed by atoms with Gasteiger partial charge in [-0.1, -0.05) is 49.4 Å². The molecule has 36 heavy (non-hydrogen) atoms. The molecule has 0 spiro atoms. The van der Waals surface area contributed by atoms with Gasteiger partial charge in [-0.3, -0.25) is 4.79 Å². The Labute approximate surface area is 209 Å². The van der Waals surface area contributed by atoms with Crippen molar-refractivity contribution in [2.45, 2.75) is 20.3 Å². The van der Waals surface area contributed by atoms with Crippen LogP contribution in [-0.4, -0.2) is 39.7 Å². The minimum absolute atomic E-state index is 0.148. The summed E-state index contributed by atoms with van der Waals surface area (Å²) in [7, 11) is 0. The first-order chi connectivity index (χ1) is 17.5. The van der Waals surface area contributed by atoms with Crippen molar-refractivity contribution < 1.29 is 14.0 Å². The average Bonchev–Trinajstić information content (AvgIpc) is 3.31. The monoisotopic (exact) mass is 485 g/mol.